The molecule has 4 aromatic carbocycles. The van der Waals surface area contributed by atoms with E-state index in [4.69, 9.17) is 9.84 Å². The largest absolute Gasteiger partial charge is 0.497 e. The van der Waals surface area contributed by atoms with E-state index in [0.29, 0.717) is 0 Å². The summed E-state index contributed by atoms with van der Waals surface area (Å²) in [4.78, 5) is 0. The van der Waals surface area contributed by atoms with Crippen LogP contribution >= 0.6 is 0 Å². The lowest BCUT2D eigenvalue weighted by Gasteiger charge is -2.27. The number of para-hydroxylation sites is 1. The second-order valence-electron chi connectivity index (χ2n) is 8.79. The summed E-state index contributed by atoms with van der Waals surface area (Å²) in [5.74, 6) is 1.00. The van der Waals surface area contributed by atoms with Gasteiger partial charge < -0.3 is 4.74 Å². The number of benzene rings is 4. The van der Waals surface area contributed by atoms with Crippen molar-refractivity contribution in [3.8, 4) is 5.75 Å². The standard InChI is InChI=1S/C32H26N2O/c1-35-27-19-17-25(18-20-27)31-29-22-21-28(32(29)34(33-31)26-15-9-4-10-16-26)30(23-11-5-2-6-12-23)24-13-7-3-8-14-24/h2-22,29,32H,1H3/t29-,32-/m0/s1. The van der Waals surface area contributed by atoms with E-state index in [0.717, 1.165) is 22.7 Å². The average molecular weight is 455 g/mol. The fourth-order valence-corrected chi connectivity index (χ4v) is 5.13. The van der Waals surface area contributed by atoms with Gasteiger partial charge in [0, 0.05) is 5.92 Å². The van der Waals surface area contributed by atoms with Crippen molar-refractivity contribution in [1.29, 1.82) is 0 Å². The van der Waals surface area contributed by atoms with Crippen LogP contribution in [0.15, 0.2) is 138 Å². The van der Waals surface area contributed by atoms with E-state index >= 15 is 0 Å². The maximum atomic E-state index is 5.38. The number of fused-ring (bicyclic) bond motifs is 1. The van der Waals surface area contributed by atoms with E-state index in [1.807, 2.05) is 18.2 Å². The number of anilines is 1. The van der Waals surface area contributed by atoms with E-state index in [1.54, 1.807) is 7.11 Å². The summed E-state index contributed by atoms with van der Waals surface area (Å²) >= 11 is 0. The quantitative estimate of drug-likeness (QED) is 0.325. The Morgan fingerprint density at radius 2 is 1.29 bits per heavy atom. The predicted molar refractivity (Wildman–Crippen MR) is 144 cm³/mol. The van der Waals surface area contributed by atoms with Gasteiger partial charge in [-0.1, -0.05) is 91.0 Å². The van der Waals surface area contributed by atoms with Crippen LogP contribution in [0.2, 0.25) is 0 Å². The summed E-state index contributed by atoms with van der Waals surface area (Å²) in [5, 5.41) is 7.41. The molecule has 1 aliphatic heterocycles. The number of nitrogens with zero attached hydrogens (tertiary/aromatic N) is 2. The maximum absolute atomic E-state index is 5.38. The van der Waals surface area contributed by atoms with Crippen molar-refractivity contribution in [1.82, 2.24) is 0 Å². The second kappa shape index (κ2) is 9.11. The van der Waals surface area contributed by atoms with Gasteiger partial charge in [-0.15, -0.1) is 0 Å². The number of rotatable bonds is 5. The Morgan fingerprint density at radius 3 is 1.86 bits per heavy atom. The van der Waals surface area contributed by atoms with Gasteiger partial charge in [0.2, 0.25) is 0 Å². The van der Waals surface area contributed by atoms with Gasteiger partial charge in [0.05, 0.1) is 24.6 Å². The third-order valence-corrected chi connectivity index (χ3v) is 6.76. The molecule has 1 heterocycles. The zero-order valence-electron chi connectivity index (χ0n) is 19.6. The van der Waals surface area contributed by atoms with E-state index in [2.05, 4.69) is 114 Å². The lowest BCUT2D eigenvalue weighted by atomic mass is 9.86. The molecule has 0 radical (unpaired) electrons. The molecule has 170 valence electrons. The Labute approximate surface area is 206 Å². The minimum Gasteiger partial charge on any atom is -0.497 e. The van der Waals surface area contributed by atoms with Crippen molar-refractivity contribution in [2.75, 3.05) is 12.1 Å². The highest BCUT2D eigenvalue weighted by molar-refractivity contribution is 6.08. The zero-order valence-corrected chi connectivity index (χ0v) is 19.6. The smallest absolute Gasteiger partial charge is 0.118 e. The van der Waals surface area contributed by atoms with Crippen LogP contribution in [0.5, 0.6) is 5.75 Å². The fraction of sp³-hybridized carbons (Fsp3) is 0.0938. The first kappa shape index (κ1) is 21.2. The third kappa shape index (κ3) is 3.85. The lowest BCUT2D eigenvalue weighted by Crippen LogP contribution is -2.32. The normalized spacial score (nSPS) is 18.4. The summed E-state index contributed by atoms with van der Waals surface area (Å²) in [5.41, 5.74) is 8.24. The molecule has 0 aromatic heterocycles. The molecule has 35 heavy (non-hydrogen) atoms. The summed E-state index contributed by atoms with van der Waals surface area (Å²) < 4.78 is 5.38. The number of ether oxygens (including phenoxy) is 1. The Kier molecular flexibility index (Phi) is 5.51. The van der Waals surface area contributed by atoms with Crippen molar-refractivity contribution in [2.45, 2.75) is 6.04 Å². The molecule has 2 atom stereocenters. The van der Waals surface area contributed by atoms with Crippen molar-refractivity contribution in [3.63, 3.8) is 0 Å². The Bertz CT molecular complexity index is 1360. The highest BCUT2D eigenvalue weighted by Crippen LogP contribution is 2.44. The van der Waals surface area contributed by atoms with Gasteiger partial charge in [0.1, 0.15) is 5.75 Å². The zero-order chi connectivity index (χ0) is 23.6. The SMILES string of the molecule is COc1ccc(C2=NN(c3ccccc3)[C@H]3C(=C(c4ccccc4)c4ccccc4)C=C[C@@H]23)cc1. The molecule has 0 saturated carbocycles. The van der Waals surface area contributed by atoms with E-state index in [9.17, 15) is 0 Å². The molecule has 6 rings (SSSR count). The first-order valence-corrected chi connectivity index (χ1v) is 11.9. The maximum Gasteiger partial charge on any atom is 0.118 e. The molecular weight excluding hydrogens is 428 g/mol. The highest BCUT2D eigenvalue weighted by Gasteiger charge is 2.43. The molecule has 0 fully saturated rings. The van der Waals surface area contributed by atoms with Crippen molar-refractivity contribution in [2.24, 2.45) is 11.0 Å². The Morgan fingerprint density at radius 1 is 0.714 bits per heavy atom. The molecule has 0 bridgehead atoms. The van der Waals surface area contributed by atoms with Crippen LogP contribution in [-0.4, -0.2) is 18.9 Å². The molecule has 0 unspecified atom stereocenters. The van der Waals surface area contributed by atoms with Crippen molar-refractivity contribution >= 4 is 17.0 Å². The summed E-state index contributed by atoms with van der Waals surface area (Å²) in [6, 6.07) is 40.1. The van der Waals surface area contributed by atoms with Crippen LogP contribution in [-0.2, 0) is 0 Å². The lowest BCUT2D eigenvalue weighted by molar-refractivity contribution is 0.415. The third-order valence-electron chi connectivity index (χ3n) is 6.76. The molecule has 4 aromatic rings. The van der Waals surface area contributed by atoms with Gasteiger partial charge in [-0.3, -0.25) is 5.01 Å². The van der Waals surface area contributed by atoms with Crippen LogP contribution < -0.4 is 9.75 Å². The minimum atomic E-state index is 0.0740. The summed E-state index contributed by atoms with van der Waals surface area (Å²) in [6.07, 6.45) is 4.62. The Balaban J connectivity index is 1.53. The van der Waals surface area contributed by atoms with Crippen molar-refractivity contribution in [3.05, 3.63) is 150 Å². The summed E-state index contributed by atoms with van der Waals surface area (Å²) in [6.45, 7) is 0. The van der Waals surface area contributed by atoms with Gasteiger partial charge in [0.25, 0.3) is 0 Å². The first-order valence-electron chi connectivity index (χ1n) is 11.9. The molecule has 2 aliphatic rings. The predicted octanol–water partition coefficient (Wildman–Crippen LogP) is 6.98. The molecule has 0 saturated heterocycles. The first-order chi connectivity index (χ1) is 17.3. The number of hydrogen-bond donors (Lipinski definition) is 0. The number of hydrogen-bond acceptors (Lipinski definition) is 3. The fourth-order valence-electron chi connectivity index (χ4n) is 5.13. The van der Waals surface area contributed by atoms with Gasteiger partial charge in [-0.05, 0) is 64.2 Å². The highest BCUT2D eigenvalue weighted by atomic mass is 16.5. The van der Waals surface area contributed by atoms with Gasteiger partial charge in [-0.2, -0.15) is 5.10 Å². The average Bonchev–Trinajstić information content (AvgIpc) is 3.52. The van der Waals surface area contributed by atoms with E-state index in [1.165, 1.54) is 22.3 Å². The monoisotopic (exact) mass is 454 g/mol. The van der Waals surface area contributed by atoms with E-state index < -0.39 is 0 Å². The number of methoxy groups -OCH3 is 1. The van der Waals surface area contributed by atoms with Gasteiger partial charge >= 0.3 is 0 Å². The number of hydrazone groups is 1. The molecule has 0 spiro atoms. The summed E-state index contributed by atoms with van der Waals surface area (Å²) in [7, 11) is 1.70. The van der Waals surface area contributed by atoms with Gasteiger partial charge in [-0.25, -0.2) is 0 Å². The van der Waals surface area contributed by atoms with Gasteiger partial charge in [0.15, 0.2) is 0 Å². The van der Waals surface area contributed by atoms with Crippen LogP contribution in [0.3, 0.4) is 0 Å². The van der Waals surface area contributed by atoms with Crippen LogP contribution in [0.25, 0.3) is 5.57 Å². The van der Waals surface area contributed by atoms with Crippen LogP contribution in [0.1, 0.15) is 16.7 Å². The van der Waals surface area contributed by atoms with Crippen LogP contribution in [0.4, 0.5) is 5.69 Å². The molecular formula is C32H26N2O. The molecule has 0 N–H and O–H groups in total. The van der Waals surface area contributed by atoms with E-state index in [-0.39, 0.29) is 12.0 Å². The molecule has 0 amide bonds. The molecule has 3 nitrogen and oxygen atoms in total. The topological polar surface area (TPSA) is 24.8 Å². The van der Waals surface area contributed by atoms with Crippen molar-refractivity contribution < 1.29 is 4.74 Å². The minimum absolute atomic E-state index is 0.0740. The molecule has 3 heteroatoms. The molecule has 1 aliphatic carbocycles. The Hall–Kier alpha value is -4.37. The van der Waals surface area contributed by atoms with Crippen LogP contribution in [0, 0.1) is 5.92 Å². The second-order valence-corrected chi connectivity index (χ2v) is 8.79.